The van der Waals surface area contributed by atoms with E-state index in [0.29, 0.717) is 24.9 Å². The van der Waals surface area contributed by atoms with E-state index in [-0.39, 0.29) is 12.0 Å². The molecule has 110 valence electrons. The monoisotopic (exact) mass is 280 g/mol. The molecule has 3 rings (SSSR count). The summed E-state index contributed by atoms with van der Waals surface area (Å²) in [6, 6.07) is 0. The number of amides is 1. The molecule has 0 spiro atoms. The van der Waals surface area contributed by atoms with E-state index in [1.807, 2.05) is 11.8 Å². The first-order valence-corrected chi connectivity index (χ1v) is 7.14. The smallest absolute Gasteiger partial charge is 0.251 e. The number of hydrogen-bond donors (Lipinski definition) is 0. The molecule has 1 amide bonds. The van der Waals surface area contributed by atoms with Crippen LogP contribution >= 0.6 is 0 Å². The number of hydrogen-bond acceptors (Lipinski definition) is 6. The first-order chi connectivity index (χ1) is 9.72. The standard InChI is InChI=1S/C13H20N4O3/c1-10-14-12(20-15-10)9-16-4-6-17(7-5-16)13(18)11-3-2-8-19-11/h11H,2-9H2,1H3/t11-/m1/s1. The lowest BCUT2D eigenvalue weighted by Gasteiger charge is -2.35. The summed E-state index contributed by atoms with van der Waals surface area (Å²) in [5, 5.41) is 3.78. The fraction of sp³-hybridized carbons (Fsp3) is 0.769. The highest BCUT2D eigenvalue weighted by molar-refractivity contribution is 5.81. The number of ether oxygens (including phenoxy) is 1. The van der Waals surface area contributed by atoms with Crippen LogP contribution in [0.4, 0.5) is 0 Å². The minimum atomic E-state index is -0.208. The second-order valence-corrected chi connectivity index (χ2v) is 5.34. The second kappa shape index (κ2) is 5.88. The van der Waals surface area contributed by atoms with Crippen LogP contribution in [0.1, 0.15) is 24.6 Å². The Kier molecular flexibility index (Phi) is 3.98. The van der Waals surface area contributed by atoms with Crippen molar-refractivity contribution in [3.05, 3.63) is 11.7 Å². The van der Waals surface area contributed by atoms with Crippen molar-refractivity contribution in [3.8, 4) is 0 Å². The number of carbonyl (C=O) groups excluding carboxylic acids is 1. The van der Waals surface area contributed by atoms with Gasteiger partial charge in [0, 0.05) is 32.8 Å². The fourth-order valence-corrected chi connectivity index (χ4v) is 2.70. The van der Waals surface area contributed by atoms with E-state index < -0.39 is 0 Å². The van der Waals surface area contributed by atoms with Crippen molar-refractivity contribution in [2.75, 3.05) is 32.8 Å². The van der Waals surface area contributed by atoms with Crippen LogP contribution in [0, 0.1) is 6.92 Å². The molecule has 2 aliphatic rings. The minimum absolute atomic E-state index is 0.149. The zero-order valence-electron chi connectivity index (χ0n) is 11.7. The molecule has 0 aromatic carbocycles. The molecule has 1 aromatic heterocycles. The van der Waals surface area contributed by atoms with Crippen LogP contribution in [-0.4, -0.2) is 64.7 Å². The lowest BCUT2D eigenvalue weighted by Crippen LogP contribution is -2.51. The van der Waals surface area contributed by atoms with E-state index in [0.717, 1.165) is 39.0 Å². The highest BCUT2D eigenvalue weighted by Gasteiger charge is 2.30. The molecular weight excluding hydrogens is 260 g/mol. The summed E-state index contributed by atoms with van der Waals surface area (Å²) >= 11 is 0. The van der Waals surface area contributed by atoms with E-state index in [9.17, 15) is 4.79 Å². The molecule has 20 heavy (non-hydrogen) atoms. The largest absolute Gasteiger partial charge is 0.368 e. The van der Waals surface area contributed by atoms with Crippen molar-refractivity contribution in [1.82, 2.24) is 19.9 Å². The third-order valence-corrected chi connectivity index (χ3v) is 3.82. The van der Waals surface area contributed by atoms with E-state index in [2.05, 4.69) is 15.0 Å². The van der Waals surface area contributed by atoms with Gasteiger partial charge < -0.3 is 14.2 Å². The topological polar surface area (TPSA) is 71.7 Å². The SMILES string of the molecule is Cc1noc(CN2CCN(C(=O)[C@H]3CCCO3)CC2)n1. The van der Waals surface area contributed by atoms with E-state index in [1.54, 1.807) is 0 Å². The normalized spacial score (nSPS) is 24.2. The van der Waals surface area contributed by atoms with E-state index in [4.69, 9.17) is 9.26 Å². The molecule has 0 saturated carbocycles. The summed E-state index contributed by atoms with van der Waals surface area (Å²) < 4.78 is 10.6. The average Bonchev–Trinajstić information content (AvgIpc) is 3.11. The zero-order valence-corrected chi connectivity index (χ0v) is 11.7. The Morgan fingerprint density at radius 2 is 2.15 bits per heavy atom. The van der Waals surface area contributed by atoms with Gasteiger partial charge in [0.1, 0.15) is 6.10 Å². The lowest BCUT2D eigenvalue weighted by atomic mass is 10.2. The van der Waals surface area contributed by atoms with Crippen LogP contribution in [0.5, 0.6) is 0 Å². The van der Waals surface area contributed by atoms with Gasteiger partial charge in [-0.25, -0.2) is 0 Å². The Bertz CT molecular complexity index is 462. The minimum Gasteiger partial charge on any atom is -0.368 e. The van der Waals surface area contributed by atoms with Gasteiger partial charge >= 0.3 is 0 Å². The highest BCUT2D eigenvalue weighted by Crippen LogP contribution is 2.16. The first kappa shape index (κ1) is 13.5. The number of aromatic nitrogens is 2. The average molecular weight is 280 g/mol. The Labute approximate surface area is 117 Å². The molecule has 1 aromatic rings. The van der Waals surface area contributed by atoms with Crippen molar-refractivity contribution in [2.24, 2.45) is 0 Å². The van der Waals surface area contributed by atoms with Crippen molar-refractivity contribution in [3.63, 3.8) is 0 Å². The van der Waals surface area contributed by atoms with Gasteiger partial charge in [-0.1, -0.05) is 5.16 Å². The highest BCUT2D eigenvalue weighted by atomic mass is 16.5. The van der Waals surface area contributed by atoms with Crippen molar-refractivity contribution < 1.29 is 14.1 Å². The lowest BCUT2D eigenvalue weighted by molar-refractivity contribution is -0.142. The van der Waals surface area contributed by atoms with Crippen LogP contribution in [0.25, 0.3) is 0 Å². The molecule has 7 nitrogen and oxygen atoms in total. The van der Waals surface area contributed by atoms with Crippen LogP contribution in [0.15, 0.2) is 4.52 Å². The third kappa shape index (κ3) is 2.99. The summed E-state index contributed by atoms with van der Waals surface area (Å²) in [7, 11) is 0. The number of aryl methyl sites for hydroxylation is 1. The molecule has 3 heterocycles. The Morgan fingerprint density at radius 1 is 1.35 bits per heavy atom. The van der Waals surface area contributed by atoms with Crippen LogP contribution in [0.2, 0.25) is 0 Å². The second-order valence-electron chi connectivity index (χ2n) is 5.34. The quantitative estimate of drug-likeness (QED) is 0.787. The van der Waals surface area contributed by atoms with Crippen molar-refractivity contribution in [2.45, 2.75) is 32.4 Å². The summed E-state index contributed by atoms with van der Waals surface area (Å²) in [4.78, 5) is 20.5. The molecule has 0 unspecified atom stereocenters. The van der Waals surface area contributed by atoms with Crippen molar-refractivity contribution in [1.29, 1.82) is 0 Å². The summed E-state index contributed by atoms with van der Waals surface area (Å²) in [6.07, 6.45) is 1.65. The van der Waals surface area contributed by atoms with E-state index >= 15 is 0 Å². The van der Waals surface area contributed by atoms with Gasteiger partial charge in [-0.2, -0.15) is 4.98 Å². The van der Waals surface area contributed by atoms with E-state index in [1.165, 1.54) is 0 Å². The molecule has 7 heteroatoms. The molecule has 0 radical (unpaired) electrons. The van der Waals surface area contributed by atoms with Crippen molar-refractivity contribution >= 4 is 5.91 Å². The fourth-order valence-electron chi connectivity index (χ4n) is 2.70. The Hall–Kier alpha value is -1.47. The van der Waals surface area contributed by atoms with Crippen LogP contribution in [-0.2, 0) is 16.1 Å². The molecule has 2 fully saturated rings. The van der Waals surface area contributed by atoms with Gasteiger partial charge in [-0.15, -0.1) is 0 Å². The molecule has 1 atom stereocenters. The molecule has 2 aliphatic heterocycles. The molecular formula is C13H20N4O3. The predicted molar refractivity (Wildman–Crippen MR) is 69.9 cm³/mol. The Morgan fingerprint density at radius 3 is 2.75 bits per heavy atom. The van der Waals surface area contributed by atoms with Gasteiger partial charge in [-0.05, 0) is 19.8 Å². The predicted octanol–water partition coefficient (Wildman–Crippen LogP) is 0.201. The van der Waals surface area contributed by atoms with Gasteiger partial charge in [-0.3, -0.25) is 9.69 Å². The van der Waals surface area contributed by atoms with Crippen LogP contribution in [0.3, 0.4) is 0 Å². The number of piperazine rings is 1. The maximum atomic E-state index is 12.2. The number of carbonyl (C=O) groups is 1. The number of nitrogens with zero attached hydrogens (tertiary/aromatic N) is 4. The third-order valence-electron chi connectivity index (χ3n) is 3.82. The zero-order chi connectivity index (χ0) is 13.9. The van der Waals surface area contributed by atoms with Gasteiger partial charge in [0.2, 0.25) is 5.89 Å². The first-order valence-electron chi connectivity index (χ1n) is 7.14. The van der Waals surface area contributed by atoms with Gasteiger partial charge in [0.15, 0.2) is 5.82 Å². The summed E-state index contributed by atoms with van der Waals surface area (Å²) in [6.45, 7) is 6.33. The molecule has 2 saturated heterocycles. The van der Waals surface area contributed by atoms with Crippen LogP contribution < -0.4 is 0 Å². The molecule has 0 aliphatic carbocycles. The maximum absolute atomic E-state index is 12.2. The summed E-state index contributed by atoms with van der Waals surface area (Å²) in [5.41, 5.74) is 0. The van der Waals surface area contributed by atoms with Gasteiger partial charge in [0.05, 0.1) is 6.54 Å². The maximum Gasteiger partial charge on any atom is 0.251 e. The Balaban J connectivity index is 1.48. The summed E-state index contributed by atoms with van der Waals surface area (Å²) in [5.74, 6) is 1.45. The number of rotatable bonds is 3. The molecule has 0 N–H and O–H groups in total. The van der Waals surface area contributed by atoms with Gasteiger partial charge in [0.25, 0.3) is 5.91 Å². The molecule has 0 bridgehead atoms.